The van der Waals surface area contributed by atoms with Crippen molar-refractivity contribution in [3.05, 3.63) is 101 Å². The van der Waals surface area contributed by atoms with Crippen LogP contribution < -0.4 is 4.90 Å². The maximum atomic E-state index is 13.8. The Morgan fingerprint density at radius 3 is 1.97 bits per heavy atom. The van der Waals surface area contributed by atoms with Gasteiger partial charge in [0.15, 0.2) is 0 Å². The van der Waals surface area contributed by atoms with Gasteiger partial charge in [-0.3, -0.25) is 9.59 Å². The number of benzene rings is 3. The van der Waals surface area contributed by atoms with Gasteiger partial charge in [0.05, 0.1) is 29.2 Å². The maximum absolute atomic E-state index is 13.8. The van der Waals surface area contributed by atoms with E-state index in [2.05, 4.69) is 37.3 Å². The van der Waals surface area contributed by atoms with Crippen molar-refractivity contribution in [2.75, 3.05) is 4.90 Å². The molecule has 1 aliphatic heterocycles. The van der Waals surface area contributed by atoms with Crippen LogP contribution in [0.1, 0.15) is 40.7 Å². The molecule has 2 bridgehead atoms. The summed E-state index contributed by atoms with van der Waals surface area (Å²) in [6.45, 7) is 2.12. The van der Waals surface area contributed by atoms with E-state index in [1.165, 1.54) is 4.90 Å². The van der Waals surface area contributed by atoms with Crippen LogP contribution in [0.3, 0.4) is 0 Å². The minimum Gasteiger partial charge on any atom is -0.274 e. The van der Waals surface area contributed by atoms with Crippen LogP contribution in [0.4, 0.5) is 5.69 Å². The zero-order valence-electron chi connectivity index (χ0n) is 16.4. The van der Waals surface area contributed by atoms with Crippen LogP contribution in [-0.2, 0) is 15.0 Å². The van der Waals surface area contributed by atoms with Gasteiger partial charge in [0.1, 0.15) is 0 Å². The van der Waals surface area contributed by atoms with Crippen LogP contribution in [0.5, 0.6) is 0 Å². The molecule has 3 aromatic rings. The third kappa shape index (κ3) is 1.85. The van der Waals surface area contributed by atoms with Gasteiger partial charge in [-0.2, -0.15) is 5.26 Å². The predicted molar refractivity (Wildman–Crippen MR) is 112 cm³/mol. The van der Waals surface area contributed by atoms with E-state index in [0.29, 0.717) is 11.3 Å². The van der Waals surface area contributed by atoms with Crippen molar-refractivity contribution in [1.82, 2.24) is 0 Å². The Morgan fingerprint density at radius 2 is 1.40 bits per heavy atom. The summed E-state index contributed by atoms with van der Waals surface area (Å²) in [6, 6.07) is 25.2. The van der Waals surface area contributed by atoms with E-state index >= 15 is 0 Å². The highest BCUT2D eigenvalue weighted by Gasteiger charge is 2.66. The number of anilines is 1. The third-order valence-electron chi connectivity index (χ3n) is 7.30. The molecule has 4 aliphatic rings. The van der Waals surface area contributed by atoms with Crippen LogP contribution in [0.25, 0.3) is 0 Å². The summed E-state index contributed by atoms with van der Waals surface area (Å²) in [5, 5.41) is 9.08. The van der Waals surface area contributed by atoms with Gasteiger partial charge < -0.3 is 0 Å². The Kier molecular flexibility index (Phi) is 3.25. The second-order valence-corrected chi connectivity index (χ2v) is 8.53. The van der Waals surface area contributed by atoms with Crippen molar-refractivity contribution in [2.24, 2.45) is 11.8 Å². The van der Waals surface area contributed by atoms with E-state index in [1.54, 1.807) is 24.3 Å². The first-order valence-corrected chi connectivity index (χ1v) is 10.1. The lowest BCUT2D eigenvalue weighted by molar-refractivity contribution is -0.123. The fraction of sp³-hybridized carbons (Fsp3) is 0.192. The summed E-state index contributed by atoms with van der Waals surface area (Å²) in [5.41, 5.74) is 5.10. The molecule has 144 valence electrons. The number of nitriles is 1. The molecule has 0 saturated carbocycles. The van der Waals surface area contributed by atoms with E-state index in [9.17, 15) is 9.59 Å². The van der Waals surface area contributed by atoms with Crippen LogP contribution in [0.15, 0.2) is 72.8 Å². The highest BCUT2D eigenvalue weighted by molar-refractivity contribution is 6.23. The smallest absolute Gasteiger partial charge is 0.238 e. The van der Waals surface area contributed by atoms with E-state index in [4.69, 9.17) is 5.26 Å². The topological polar surface area (TPSA) is 61.2 Å². The van der Waals surface area contributed by atoms with E-state index in [-0.39, 0.29) is 17.7 Å². The predicted octanol–water partition coefficient (Wildman–Crippen LogP) is 4.13. The lowest BCUT2D eigenvalue weighted by Crippen LogP contribution is -2.51. The van der Waals surface area contributed by atoms with Gasteiger partial charge in [0.25, 0.3) is 0 Å². The molecule has 4 heteroatoms. The van der Waals surface area contributed by atoms with Gasteiger partial charge in [0, 0.05) is 11.3 Å². The summed E-state index contributed by atoms with van der Waals surface area (Å²) in [5.74, 6) is -1.26. The van der Waals surface area contributed by atoms with Crippen molar-refractivity contribution in [1.29, 1.82) is 5.26 Å². The van der Waals surface area contributed by atoms with Crippen LogP contribution in [0, 0.1) is 23.2 Å². The summed E-state index contributed by atoms with van der Waals surface area (Å²) in [4.78, 5) is 28.8. The summed E-state index contributed by atoms with van der Waals surface area (Å²) < 4.78 is 0. The average molecular weight is 390 g/mol. The highest BCUT2D eigenvalue weighted by atomic mass is 16.2. The van der Waals surface area contributed by atoms with Crippen molar-refractivity contribution >= 4 is 17.5 Å². The van der Waals surface area contributed by atoms with Gasteiger partial charge in [-0.05, 0) is 46.5 Å². The quantitative estimate of drug-likeness (QED) is 0.587. The Bertz CT molecular complexity index is 1240. The third-order valence-corrected chi connectivity index (χ3v) is 7.30. The monoisotopic (exact) mass is 390 g/mol. The van der Waals surface area contributed by atoms with Gasteiger partial charge in [-0.1, -0.05) is 55.5 Å². The zero-order chi connectivity index (χ0) is 20.6. The first-order valence-electron chi connectivity index (χ1n) is 10.1. The van der Waals surface area contributed by atoms with Crippen molar-refractivity contribution in [2.45, 2.75) is 18.3 Å². The molecule has 7 rings (SSSR count). The van der Waals surface area contributed by atoms with Gasteiger partial charge in [0.2, 0.25) is 11.8 Å². The van der Waals surface area contributed by atoms with Crippen molar-refractivity contribution in [3.8, 4) is 6.07 Å². The fourth-order valence-corrected chi connectivity index (χ4v) is 6.09. The molecule has 1 saturated heterocycles. The van der Waals surface area contributed by atoms with Crippen LogP contribution in [-0.4, -0.2) is 11.8 Å². The summed E-state index contributed by atoms with van der Waals surface area (Å²) >= 11 is 0. The number of amides is 2. The highest BCUT2D eigenvalue weighted by Crippen LogP contribution is 2.64. The normalized spacial score (nSPS) is 28.0. The minimum absolute atomic E-state index is 0.121. The van der Waals surface area contributed by atoms with Crippen molar-refractivity contribution < 1.29 is 9.59 Å². The fourth-order valence-electron chi connectivity index (χ4n) is 6.09. The molecule has 3 aliphatic carbocycles. The number of carbonyl (C=O) groups excluding carboxylic acids is 2. The standard InChI is InChI=1S/C26H18N2O2/c1-26-19-8-4-2-6-17(19)21(18-7-3-5-9-20(18)26)22-23(26)25(30)28(24(22)29)16-12-10-15(14-27)11-13-16/h2-13,21-23H,1H3. The first kappa shape index (κ1) is 17.2. The van der Waals surface area contributed by atoms with E-state index < -0.39 is 17.3 Å². The van der Waals surface area contributed by atoms with Crippen molar-refractivity contribution in [3.63, 3.8) is 0 Å². The molecule has 4 nitrogen and oxygen atoms in total. The van der Waals surface area contributed by atoms with Gasteiger partial charge >= 0.3 is 0 Å². The Hall–Kier alpha value is -3.71. The van der Waals surface area contributed by atoms with E-state index in [1.807, 2.05) is 24.3 Å². The minimum atomic E-state index is -0.555. The number of carbonyl (C=O) groups is 2. The lowest BCUT2D eigenvalue weighted by atomic mass is 9.48. The molecule has 2 unspecified atom stereocenters. The average Bonchev–Trinajstić information content (AvgIpc) is 3.06. The molecule has 2 amide bonds. The molecule has 0 radical (unpaired) electrons. The second kappa shape index (κ2) is 5.67. The second-order valence-electron chi connectivity index (χ2n) is 8.53. The summed E-state index contributed by atoms with van der Waals surface area (Å²) in [6.07, 6.45) is 0. The first-order chi connectivity index (χ1) is 14.6. The number of imide groups is 1. The molecule has 0 spiro atoms. The Balaban J connectivity index is 1.58. The molecular weight excluding hydrogens is 372 g/mol. The number of hydrogen-bond donors (Lipinski definition) is 0. The molecule has 30 heavy (non-hydrogen) atoms. The zero-order valence-corrected chi connectivity index (χ0v) is 16.4. The number of nitrogens with zero attached hydrogens (tertiary/aromatic N) is 2. The Labute approximate surface area is 174 Å². The molecule has 1 fully saturated rings. The summed E-state index contributed by atoms with van der Waals surface area (Å²) in [7, 11) is 0. The molecule has 1 heterocycles. The van der Waals surface area contributed by atoms with Crippen LogP contribution in [0.2, 0.25) is 0 Å². The van der Waals surface area contributed by atoms with Gasteiger partial charge in [-0.25, -0.2) is 4.90 Å². The van der Waals surface area contributed by atoms with Crippen LogP contribution >= 0.6 is 0 Å². The number of rotatable bonds is 1. The SMILES string of the molecule is CC12c3ccccc3C(c3ccccc31)C1C(=O)N(c3ccc(C#N)cc3)C(=O)C12. The Morgan fingerprint density at radius 1 is 0.833 bits per heavy atom. The maximum Gasteiger partial charge on any atom is 0.238 e. The molecular formula is C26H18N2O2. The molecule has 2 atom stereocenters. The van der Waals surface area contributed by atoms with E-state index in [0.717, 1.165) is 22.3 Å². The molecule has 0 N–H and O–H groups in total. The van der Waals surface area contributed by atoms with Gasteiger partial charge in [-0.15, -0.1) is 0 Å². The molecule has 3 aromatic carbocycles. The number of hydrogen-bond acceptors (Lipinski definition) is 3. The molecule has 0 aromatic heterocycles. The lowest BCUT2D eigenvalue weighted by Gasteiger charge is -2.52. The largest absolute Gasteiger partial charge is 0.274 e.